The predicted molar refractivity (Wildman–Crippen MR) is 113 cm³/mol. The molecule has 2 heterocycles. The molecule has 0 spiro atoms. The van der Waals surface area contributed by atoms with Crippen LogP contribution in [0.1, 0.15) is 15.9 Å². The molecule has 4 rings (SSSR count). The van der Waals surface area contributed by atoms with Gasteiger partial charge in [-0.3, -0.25) is 9.69 Å². The van der Waals surface area contributed by atoms with Gasteiger partial charge in [0.2, 0.25) is 12.3 Å². The zero-order valence-electron chi connectivity index (χ0n) is 16.6. The number of carbonyl (C=O) groups is 1. The molecule has 1 amide bonds. The number of phenolic OH excluding ortho intramolecular Hbond substituents is 2. The second kappa shape index (κ2) is 8.36. The number of benzene rings is 2. The van der Waals surface area contributed by atoms with E-state index in [0.29, 0.717) is 24.4 Å². The average molecular weight is 423 g/mol. The van der Waals surface area contributed by atoms with Crippen LogP contribution in [0.15, 0.2) is 48.7 Å². The van der Waals surface area contributed by atoms with Gasteiger partial charge >= 0.3 is 0 Å². The third-order valence-electron chi connectivity index (χ3n) is 4.82. The number of amides is 1. The van der Waals surface area contributed by atoms with E-state index >= 15 is 0 Å². The lowest BCUT2D eigenvalue weighted by molar-refractivity contribution is 0.0899. The molecule has 2 aromatic carbocycles. The maximum absolute atomic E-state index is 12.9. The van der Waals surface area contributed by atoms with Crippen molar-refractivity contribution in [3.05, 3.63) is 59.8 Å². The molecule has 1 atom stereocenters. The van der Waals surface area contributed by atoms with Crippen molar-refractivity contribution >= 4 is 23.4 Å². The molecule has 5 N–H and O–H groups in total. The fourth-order valence-electron chi connectivity index (χ4n) is 3.22. The van der Waals surface area contributed by atoms with E-state index in [1.54, 1.807) is 30.3 Å². The van der Waals surface area contributed by atoms with E-state index in [2.05, 4.69) is 20.6 Å². The first kappa shape index (κ1) is 20.2. The molecule has 0 fully saturated rings. The summed E-state index contributed by atoms with van der Waals surface area (Å²) in [5, 5.41) is 35.3. The SMILES string of the molecule is COc1cccc(N2C(=O)c3cnc(NCCc4ccc(O)c(O)c4)nc3NC2O)c1. The van der Waals surface area contributed by atoms with Crippen molar-refractivity contribution in [1.29, 1.82) is 0 Å². The number of aromatic nitrogens is 2. The van der Waals surface area contributed by atoms with E-state index in [-0.39, 0.29) is 28.8 Å². The van der Waals surface area contributed by atoms with Gasteiger partial charge in [-0.15, -0.1) is 0 Å². The topological polar surface area (TPSA) is 140 Å². The number of aliphatic hydroxyl groups is 1. The predicted octanol–water partition coefficient (Wildman–Crippen LogP) is 1.90. The average Bonchev–Trinajstić information content (AvgIpc) is 2.76. The number of methoxy groups -OCH3 is 1. The Balaban J connectivity index is 1.47. The molecule has 31 heavy (non-hydrogen) atoms. The van der Waals surface area contributed by atoms with Crippen molar-refractivity contribution in [3.8, 4) is 17.2 Å². The van der Waals surface area contributed by atoms with Crippen molar-refractivity contribution in [1.82, 2.24) is 9.97 Å². The van der Waals surface area contributed by atoms with Crippen LogP contribution in [0.25, 0.3) is 0 Å². The van der Waals surface area contributed by atoms with Gasteiger partial charge in [0, 0.05) is 18.8 Å². The van der Waals surface area contributed by atoms with Crippen LogP contribution in [0.2, 0.25) is 0 Å². The zero-order valence-corrected chi connectivity index (χ0v) is 16.6. The lowest BCUT2D eigenvalue weighted by Gasteiger charge is -2.33. The van der Waals surface area contributed by atoms with Gasteiger partial charge in [-0.05, 0) is 36.2 Å². The van der Waals surface area contributed by atoms with Gasteiger partial charge in [-0.1, -0.05) is 12.1 Å². The van der Waals surface area contributed by atoms with Crippen LogP contribution in [0.5, 0.6) is 17.2 Å². The number of nitrogens with one attached hydrogen (secondary N) is 2. The Hall–Kier alpha value is -4.05. The monoisotopic (exact) mass is 423 g/mol. The lowest BCUT2D eigenvalue weighted by atomic mass is 10.1. The number of phenols is 2. The second-order valence-corrected chi connectivity index (χ2v) is 6.85. The van der Waals surface area contributed by atoms with Gasteiger partial charge in [0.1, 0.15) is 17.1 Å². The molecule has 1 unspecified atom stereocenters. The summed E-state index contributed by atoms with van der Waals surface area (Å²) < 4.78 is 5.18. The van der Waals surface area contributed by atoms with Gasteiger partial charge in [-0.2, -0.15) is 4.98 Å². The summed E-state index contributed by atoms with van der Waals surface area (Å²) in [4.78, 5) is 22.6. The standard InChI is InChI=1S/C21H21N5O5/c1-31-14-4-2-3-13(10-14)26-19(29)15-11-23-20(24-18(15)25-21(26)30)22-8-7-12-5-6-16(27)17(28)9-12/h2-6,9-11,21,27-28,30H,7-8H2,1H3,(H2,22,23,24,25). The van der Waals surface area contributed by atoms with Gasteiger partial charge in [0.25, 0.3) is 5.91 Å². The van der Waals surface area contributed by atoms with Crippen LogP contribution in [-0.2, 0) is 6.42 Å². The summed E-state index contributed by atoms with van der Waals surface area (Å²) in [7, 11) is 1.52. The fraction of sp³-hybridized carbons (Fsp3) is 0.190. The number of hydrogen-bond acceptors (Lipinski definition) is 9. The minimum absolute atomic E-state index is 0.174. The summed E-state index contributed by atoms with van der Waals surface area (Å²) in [6, 6.07) is 11.4. The van der Waals surface area contributed by atoms with Crippen LogP contribution in [0.4, 0.5) is 17.5 Å². The third-order valence-corrected chi connectivity index (χ3v) is 4.82. The number of aromatic hydroxyl groups is 2. The van der Waals surface area contributed by atoms with Crippen molar-refractivity contribution in [3.63, 3.8) is 0 Å². The van der Waals surface area contributed by atoms with Crippen LogP contribution < -0.4 is 20.3 Å². The lowest BCUT2D eigenvalue weighted by Crippen LogP contribution is -2.49. The number of ether oxygens (including phenoxy) is 1. The molecule has 0 aliphatic carbocycles. The van der Waals surface area contributed by atoms with E-state index in [1.165, 1.54) is 30.3 Å². The Kier molecular flexibility index (Phi) is 5.46. The normalized spacial score (nSPS) is 15.2. The summed E-state index contributed by atoms with van der Waals surface area (Å²) in [6.45, 7) is 0.454. The molecule has 10 nitrogen and oxygen atoms in total. The molecule has 0 radical (unpaired) electrons. The maximum atomic E-state index is 12.9. The molecule has 160 valence electrons. The van der Waals surface area contributed by atoms with E-state index in [4.69, 9.17) is 4.74 Å². The van der Waals surface area contributed by atoms with E-state index < -0.39 is 12.3 Å². The van der Waals surface area contributed by atoms with Gasteiger partial charge in [0.05, 0.1) is 12.8 Å². The Labute approximate surface area is 177 Å². The quantitative estimate of drug-likeness (QED) is 0.376. The Bertz CT molecular complexity index is 1120. The van der Waals surface area contributed by atoms with Crippen LogP contribution in [0.3, 0.4) is 0 Å². The Morgan fingerprint density at radius 1 is 1.19 bits per heavy atom. The molecule has 0 saturated heterocycles. The molecule has 0 saturated carbocycles. The minimum atomic E-state index is -1.31. The fourth-order valence-corrected chi connectivity index (χ4v) is 3.22. The largest absolute Gasteiger partial charge is 0.504 e. The number of anilines is 3. The number of nitrogens with zero attached hydrogens (tertiary/aromatic N) is 3. The number of hydrogen-bond donors (Lipinski definition) is 5. The smallest absolute Gasteiger partial charge is 0.267 e. The highest BCUT2D eigenvalue weighted by atomic mass is 16.5. The summed E-state index contributed by atoms with van der Waals surface area (Å²) in [5.41, 5.74) is 1.51. The Morgan fingerprint density at radius 2 is 2.03 bits per heavy atom. The van der Waals surface area contributed by atoms with Gasteiger partial charge in [-0.25, -0.2) is 4.98 Å². The number of rotatable bonds is 6. The number of carbonyl (C=O) groups excluding carboxylic acids is 1. The van der Waals surface area contributed by atoms with Crippen LogP contribution in [-0.4, -0.2) is 51.2 Å². The van der Waals surface area contributed by atoms with Crippen molar-refractivity contribution in [2.45, 2.75) is 12.8 Å². The maximum Gasteiger partial charge on any atom is 0.267 e. The summed E-state index contributed by atoms with van der Waals surface area (Å²) in [5.74, 6) is 0.258. The molecular weight excluding hydrogens is 402 g/mol. The molecule has 1 aromatic heterocycles. The van der Waals surface area contributed by atoms with Crippen molar-refractivity contribution in [2.75, 3.05) is 29.2 Å². The number of aliphatic hydroxyl groups excluding tert-OH is 1. The highest BCUT2D eigenvalue weighted by Crippen LogP contribution is 2.30. The minimum Gasteiger partial charge on any atom is -0.504 e. The number of fused-ring (bicyclic) bond motifs is 1. The zero-order chi connectivity index (χ0) is 22.0. The highest BCUT2D eigenvalue weighted by molar-refractivity contribution is 6.11. The molecular formula is C21H21N5O5. The van der Waals surface area contributed by atoms with Crippen molar-refractivity contribution < 1.29 is 24.9 Å². The molecule has 0 bridgehead atoms. The summed E-state index contributed by atoms with van der Waals surface area (Å²) in [6.07, 6.45) is 0.632. The molecule has 3 aromatic rings. The van der Waals surface area contributed by atoms with E-state index in [0.717, 1.165) is 5.56 Å². The molecule has 10 heteroatoms. The van der Waals surface area contributed by atoms with Crippen LogP contribution >= 0.6 is 0 Å². The van der Waals surface area contributed by atoms with Gasteiger partial charge < -0.3 is 30.7 Å². The molecule has 1 aliphatic rings. The third kappa shape index (κ3) is 4.14. The first-order valence-electron chi connectivity index (χ1n) is 9.50. The van der Waals surface area contributed by atoms with E-state index in [9.17, 15) is 20.1 Å². The van der Waals surface area contributed by atoms with Gasteiger partial charge in [0.15, 0.2) is 11.5 Å². The summed E-state index contributed by atoms with van der Waals surface area (Å²) >= 11 is 0. The van der Waals surface area contributed by atoms with Crippen molar-refractivity contribution in [2.24, 2.45) is 0 Å². The van der Waals surface area contributed by atoms with Crippen LogP contribution in [0, 0.1) is 0 Å². The first-order valence-corrected chi connectivity index (χ1v) is 9.50. The molecule has 1 aliphatic heterocycles. The van der Waals surface area contributed by atoms with E-state index in [1.807, 2.05) is 0 Å². The first-order chi connectivity index (χ1) is 15.0. The highest BCUT2D eigenvalue weighted by Gasteiger charge is 2.33. The second-order valence-electron chi connectivity index (χ2n) is 6.85. The Morgan fingerprint density at radius 3 is 2.81 bits per heavy atom.